The molecular weight excluding hydrogens is 453 g/mol. The minimum Gasteiger partial charge on any atom is -0.370 e. The van der Waals surface area contributed by atoms with E-state index in [1.807, 2.05) is 0 Å². The summed E-state index contributed by atoms with van der Waals surface area (Å²) in [7, 11) is 0. The van der Waals surface area contributed by atoms with E-state index < -0.39 is 0 Å². The number of piperazine rings is 1. The Morgan fingerprint density at radius 2 is 1.81 bits per heavy atom. The summed E-state index contributed by atoms with van der Waals surface area (Å²) in [4.78, 5) is 21.2. The normalized spacial score (nSPS) is 20.1. The van der Waals surface area contributed by atoms with Crippen LogP contribution in [-0.4, -0.2) is 67.0 Å². The third kappa shape index (κ3) is 8.98. The Labute approximate surface area is 182 Å². The molecule has 0 spiro atoms. The number of nitrogens with zero attached hydrogens (tertiary/aromatic N) is 3. The molecule has 0 radical (unpaired) electrons. The summed E-state index contributed by atoms with van der Waals surface area (Å²) in [6, 6.07) is 0.374. The van der Waals surface area contributed by atoms with E-state index in [2.05, 4.69) is 40.9 Å². The molecule has 1 amide bonds. The molecule has 1 unspecified atom stereocenters. The van der Waals surface area contributed by atoms with Gasteiger partial charge in [0.1, 0.15) is 0 Å². The highest BCUT2D eigenvalue weighted by molar-refractivity contribution is 14.0. The van der Waals surface area contributed by atoms with Crippen molar-refractivity contribution in [1.82, 2.24) is 15.1 Å². The van der Waals surface area contributed by atoms with E-state index in [1.54, 1.807) is 0 Å². The van der Waals surface area contributed by atoms with Crippen LogP contribution in [0.2, 0.25) is 0 Å². The molecule has 3 N–H and O–H groups in total. The van der Waals surface area contributed by atoms with Crippen molar-refractivity contribution >= 4 is 35.8 Å². The van der Waals surface area contributed by atoms with Crippen LogP contribution in [0.25, 0.3) is 0 Å². The van der Waals surface area contributed by atoms with E-state index in [1.165, 1.54) is 19.3 Å². The van der Waals surface area contributed by atoms with E-state index in [0.717, 1.165) is 57.9 Å². The van der Waals surface area contributed by atoms with Crippen molar-refractivity contribution < 1.29 is 4.79 Å². The Balaban J connectivity index is 0.00000364. The van der Waals surface area contributed by atoms with Crippen molar-refractivity contribution in [3.8, 4) is 0 Å². The molecule has 6 nitrogen and oxygen atoms in total. The minimum atomic E-state index is 0. The van der Waals surface area contributed by atoms with Gasteiger partial charge in [-0.25, -0.2) is 0 Å². The molecular formula is C20H40IN5O. The fourth-order valence-corrected chi connectivity index (χ4v) is 3.62. The van der Waals surface area contributed by atoms with Gasteiger partial charge in [-0.05, 0) is 32.1 Å². The predicted molar refractivity (Wildman–Crippen MR) is 124 cm³/mol. The SMILES string of the molecule is CC(C)CCCC(C)NC(N)=NCCN1CCN(C(=O)C2CCC2)CC1.I. The zero-order chi connectivity index (χ0) is 18.9. The van der Waals surface area contributed by atoms with Crippen molar-refractivity contribution in [2.45, 2.75) is 65.3 Å². The van der Waals surface area contributed by atoms with Gasteiger partial charge in [0.2, 0.25) is 5.91 Å². The quantitative estimate of drug-likeness (QED) is 0.294. The summed E-state index contributed by atoms with van der Waals surface area (Å²) in [5.74, 6) is 2.02. The summed E-state index contributed by atoms with van der Waals surface area (Å²) in [5, 5.41) is 3.29. The molecule has 1 saturated carbocycles. The zero-order valence-electron chi connectivity index (χ0n) is 17.5. The molecule has 0 aromatic heterocycles. The van der Waals surface area contributed by atoms with Crippen LogP contribution in [-0.2, 0) is 4.79 Å². The fourth-order valence-electron chi connectivity index (χ4n) is 3.62. The molecule has 2 fully saturated rings. The van der Waals surface area contributed by atoms with E-state index in [-0.39, 0.29) is 24.0 Å². The van der Waals surface area contributed by atoms with Gasteiger partial charge in [-0.2, -0.15) is 0 Å². The van der Waals surface area contributed by atoms with Gasteiger partial charge in [-0.1, -0.05) is 33.1 Å². The molecule has 1 aliphatic heterocycles. The maximum atomic E-state index is 12.3. The van der Waals surface area contributed by atoms with E-state index in [0.29, 0.717) is 30.4 Å². The van der Waals surface area contributed by atoms with Crippen molar-refractivity contribution in [3.05, 3.63) is 0 Å². The van der Waals surface area contributed by atoms with Gasteiger partial charge >= 0.3 is 0 Å². The van der Waals surface area contributed by atoms with E-state index in [9.17, 15) is 4.79 Å². The maximum absolute atomic E-state index is 12.3. The molecule has 1 atom stereocenters. The topological polar surface area (TPSA) is 74.0 Å². The average molecular weight is 493 g/mol. The number of hydrogen-bond donors (Lipinski definition) is 2. The van der Waals surface area contributed by atoms with Gasteiger partial charge in [-0.3, -0.25) is 14.7 Å². The summed E-state index contributed by atoms with van der Waals surface area (Å²) in [6.07, 6.45) is 7.03. The molecule has 0 bridgehead atoms. The van der Waals surface area contributed by atoms with Crippen molar-refractivity contribution in [3.63, 3.8) is 0 Å². The second-order valence-corrected chi connectivity index (χ2v) is 8.43. The van der Waals surface area contributed by atoms with Crippen LogP contribution in [0.3, 0.4) is 0 Å². The Kier molecular flexibility index (Phi) is 11.6. The van der Waals surface area contributed by atoms with Gasteiger partial charge in [-0.15, -0.1) is 24.0 Å². The van der Waals surface area contributed by atoms with Gasteiger partial charge < -0.3 is 16.0 Å². The summed E-state index contributed by atoms with van der Waals surface area (Å²) in [5.41, 5.74) is 6.01. The summed E-state index contributed by atoms with van der Waals surface area (Å²) >= 11 is 0. The number of amides is 1. The van der Waals surface area contributed by atoms with E-state index in [4.69, 9.17) is 5.73 Å². The van der Waals surface area contributed by atoms with Crippen LogP contribution in [0.4, 0.5) is 0 Å². The van der Waals surface area contributed by atoms with Gasteiger partial charge in [0, 0.05) is 44.7 Å². The molecule has 2 rings (SSSR count). The molecule has 1 saturated heterocycles. The summed E-state index contributed by atoms with van der Waals surface area (Å²) in [6.45, 7) is 11.9. The highest BCUT2D eigenvalue weighted by atomic mass is 127. The number of hydrogen-bond acceptors (Lipinski definition) is 3. The molecule has 7 heteroatoms. The Morgan fingerprint density at radius 1 is 1.15 bits per heavy atom. The number of nitrogens with two attached hydrogens (primary N) is 1. The highest BCUT2D eigenvalue weighted by Gasteiger charge is 2.30. The van der Waals surface area contributed by atoms with Crippen molar-refractivity contribution in [2.75, 3.05) is 39.3 Å². The zero-order valence-corrected chi connectivity index (χ0v) is 19.8. The number of carbonyl (C=O) groups is 1. The van der Waals surface area contributed by atoms with Crippen LogP contribution in [0.1, 0.15) is 59.3 Å². The highest BCUT2D eigenvalue weighted by Crippen LogP contribution is 2.28. The number of guanidine groups is 1. The van der Waals surface area contributed by atoms with Crippen LogP contribution in [0, 0.1) is 11.8 Å². The smallest absolute Gasteiger partial charge is 0.225 e. The Hall–Kier alpha value is -0.570. The molecule has 158 valence electrons. The number of halogens is 1. The third-order valence-electron chi connectivity index (χ3n) is 5.65. The predicted octanol–water partition coefficient (Wildman–Crippen LogP) is 2.67. The monoisotopic (exact) mass is 493 g/mol. The standard InChI is InChI=1S/C20H39N5O.HI/c1-16(2)6-4-7-17(3)23-20(21)22-10-11-24-12-14-25(15-13-24)19(26)18-8-5-9-18;/h16-18H,4-15H2,1-3H3,(H3,21,22,23);1H. The number of aliphatic imine (C=N–C) groups is 1. The van der Waals surface area contributed by atoms with Crippen molar-refractivity contribution in [1.29, 1.82) is 0 Å². The second-order valence-electron chi connectivity index (χ2n) is 8.43. The molecule has 0 aromatic carbocycles. The third-order valence-corrected chi connectivity index (χ3v) is 5.65. The fraction of sp³-hybridized carbons (Fsp3) is 0.900. The van der Waals surface area contributed by atoms with Crippen LogP contribution in [0.15, 0.2) is 4.99 Å². The number of carbonyl (C=O) groups excluding carboxylic acids is 1. The lowest BCUT2D eigenvalue weighted by atomic mass is 9.84. The lowest BCUT2D eigenvalue weighted by Crippen LogP contribution is -2.51. The van der Waals surface area contributed by atoms with E-state index >= 15 is 0 Å². The van der Waals surface area contributed by atoms with Gasteiger partial charge in [0.05, 0.1) is 6.54 Å². The van der Waals surface area contributed by atoms with Crippen molar-refractivity contribution in [2.24, 2.45) is 22.6 Å². The molecule has 1 aliphatic carbocycles. The summed E-state index contributed by atoms with van der Waals surface area (Å²) < 4.78 is 0. The number of rotatable bonds is 9. The second kappa shape index (κ2) is 12.8. The lowest BCUT2D eigenvalue weighted by molar-refractivity contribution is -0.139. The maximum Gasteiger partial charge on any atom is 0.225 e. The molecule has 0 aromatic rings. The van der Waals surface area contributed by atoms with Crippen LogP contribution in [0.5, 0.6) is 0 Å². The lowest BCUT2D eigenvalue weighted by Gasteiger charge is -2.38. The first-order chi connectivity index (χ1) is 12.5. The average Bonchev–Trinajstić information content (AvgIpc) is 2.53. The molecule has 27 heavy (non-hydrogen) atoms. The van der Waals surface area contributed by atoms with Crippen LogP contribution < -0.4 is 11.1 Å². The first-order valence-electron chi connectivity index (χ1n) is 10.5. The molecule has 2 aliphatic rings. The van der Waals surface area contributed by atoms with Crippen LogP contribution >= 0.6 is 24.0 Å². The first kappa shape index (κ1) is 24.5. The number of nitrogens with one attached hydrogen (secondary N) is 1. The minimum absolute atomic E-state index is 0. The Morgan fingerprint density at radius 3 is 2.37 bits per heavy atom. The van der Waals surface area contributed by atoms with Gasteiger partial charge in [0.25, 0.3) is 0 Å². The largest absolute Gasteiger partial charge is 0.370 e. The first-order valence-corrected chi connectivity index (χ1v) is 10.5. The van der Waals surface area contributed by atoms with Gasteiger partial charge in [0.15, 0.2) is 5.96 Å². The Bertz CT molecular complexity index is 459. The molecule has 1 heterocycles.